The Morgan fingerprint density at radius 2 is 1.89 bits per heavy atom. The molecule has 3 rings (SSSR count). The third-order valence-corrected chi connectivity index (χ3v) is 3.08. The Kier molecular flexibility index (Phi) is 3.11. The molecule has 0 spiro atoms. The minimum Gasteiger partial charge on any atom is -0.497 e. The van der Waals surface area contributed by atoms with Crippen LogP contribution in [0, 0.1) is 0 Å². The third-order valence-electron chi connectivity index (χ3n) is 3.08. The molecule has 3 heteroatoms. The molecule has 0 saturated heterocycles. The Morgan fingerprint density at radius 3 is 2.68 bits per heavy atom. The Bertz CT molecular complexity index is 674. The molecule has 3 aromatic rings. The highest BCUT2D eigenvalue weighted by Crippen LogP contribution is 2.31. The van der Waals surface area contributed by atoms with E-state index in [9.17, 15) is 0 Å². The zero-order valence-electron chi connectivity index (χ0n) is 10.7. The predicted octanol–water partition coefficient (Wildman–Crippen LogP) is 3.76. The first-order chi connectivity index (χ1) is 9.36. The van der Waals surface area contributed by atoms with Crippen LogP contribution in [0.3, 0.4) is 0 Å². The first kappa shape index (κ1) is 11.7. The minimum atomic E-state index is 0.550. The molecule has 96 valence electrons. The largest absolute Gasteiger partial charge is 0.497 e. The van der Waals surface area contributed by atoms with E-state index in [0.29, 0.717) is 6.61 Å². The summed E-state index contributed by atoms with van der Waals surface area (Å²) in [6, 6.07) is 16.0. The maximum absolute atomic E-state index is 5.91. The van der Waals surface area contributed by atoms with Gasteiger partial charge in [0.1, 0.15) is 18.1 Å². The zero-order valence-corrected chi connectivity index (χ0v) is 10.7. The van der Waals surface area contributed by atoms with E-state index in [1.807, 2.05) is 42.6 Å². The number of nitrogens with one attached hydrogen (secondary N) is 1. The lowest BCUT2D eigenvalue weighted by atomic mass is 10.2. The molecule has 0 aliphatic carbocycles. The van der Waals surface area contributed by atoms with Crippen molar-refractivity contribution in [1.29, 1.82) is 0 Å². The van der Waals surface area contributed by atoms with E-state index >= 15 is 0 Å². The molecule has 0 aliphatic heterocycles. The molecule has 0 fully saturated rings. The van der Waals surface area contributed by atoms with Crippen molar-refractivity contribution in [1.82, 2.24) is 4.98 Å². The number of H-pyrrole nitrogens is 1. The number of hydrogen-bond acceptors (Lipinski definition) is 2. The lowest BCUT2D eigenvalue weighted by molar-refractivity contribution is 0.307. The summed E-state index contributed by atoms with van der Waals surface area (Å²) in [6.07, 6.45) is 1.90. The summed E-state index contributed by atoms with van der Waals surface area (Å²) in [6.45, 7) is 0.550. The SMILES string of the molecule is COc1cc(OCc2ccccc2)c2cc[nH]c2c1. The highest BCUT2D eigenvalue weighted by Gasteiger charge is 2.07. The molecule has 0 atom stereocenters. The van der Waals surface area contributed by atoms with E-state index in [1.165, 1.54) is 0 Å². The fourth-order valence-electron chi connectivity index (χ4n) is 2.08. The standard InChI is InChI=1S/C16H15NO2/c1-18-13-9-15-14(7-8-17-15)16(10-13)19-11-12-5-3-2-4-6-12/h2-10,17H,11H2,1H3. The average molecular weight is 253 g/mol. The van der Waals surface area contributed by atoms with Crippen LogP contribution < -0.4 is 9.47 Å². The smallest absolute Gasteiger partial charge is 0.132 e. The van der Waals surface area contributed by atoms with Crippen LogP contribution in [0.2, 0.25) is 0 Å². The predicted molar refractivity (Wildman–Crippen MR) is 75.6 cm³/mol. The second kappa shape index (κ2) is 5.06. The van der Waals surface area contributed by atoms with Gasteiger partial charge in [-0.25, -0.2) is 0 Å². The lowest BCUT2D eigenvalue weighted by Crippen LogP contribution is -1.96. The van der Waals surface area contributed by atoms with Crippen LogP contribution in [0.4, 0.5) is 0 Å². The van der Waals surface area contributed by atoms with Gasteiger partial charge in [0.25, 0.3) is 0 Å². The Balaban J connectivity index is 1.89. The van der Waals surface area contributed by atoms with Crippen molar-refractivity contribution in [3.05, 3.63) is 60.3 Å². The van der Waals surface area contributed by atoms with Crippen LogP contribution >= 0.6 is 0 Å². The first-order valence-corrected chi connectivity index (χ1v) is 6.18. The molecular formula is C16H15NO2. The van der Waals surface area contributed by atoms with Gasteiger partial charge in [0, 0.05) is 23.7 Å². The molecule has 0 unspecified atom stereocenters. The molecular weight excluding hydrogens is 238 g/mol. The summed E-state index contributed by atoms with van der Waals surface area (Å²) in [5.74, 6) is 1.62. The van der Waals surface area contributed by atoms with Crippen LogP contribution in [-0.4, -0.2) is 12.1 Å². The summed E-state index contributed by atoms with van der Waals surface area (Å²) >= 11 is 0. The number of fused-ring (bicyclic) bond motifs is 1. The van der Waals surface area contributed by atoms with Crippen LogP contribution in [0.1, 0.15) is 5.56 Å². The van der Waals surface area contributed by atoms with Crippen molar-refractivity contribution in [2.75, 3.05) is 7.11 Å². The minimum absolute atomic E-state index is 0.550. The van der Waals surface area contributed by atoms with Gasteiger partial charge >= 0.3 is 0 Å². The molecule has 1 N–H and O–H groups in total. The van der Waals surface area contributed by atoms with E-state index in [0.717, 1.165) is 28.0 Å². The van der Waals surface area contributed by atoms with Crippen LogP contribution in [0.25, 0.3) is 10.9 Å². The van der Waals surface area contributed by atoms with Crippen molar-refractivity contribution in [3.63, 3.8) is 0 Å². The van der Waals surface area contributed by atoms with Crippen LogP contribution in [0.5, 0.6) is 11.5 Å². The number of aromatic nitrogens is 1. The summed E-state index contributed by atoms with van der Waals surface area (Å²) in [7, 11) is 1.66. The Morgan fingerprint density at radius 1 is 1.05 bits per heavy atom. The highest BCUT2D eigenvalue weighted by molar-refractivity contribution is 5.87. The number of benzene rings is 2. The molecule has 3 nitrogen and oxygen atoms in total. The third kappa shape index (κ3) is 2.40. The number of ether oxygens (including phenoxy) is 2. The topological polar surface area (TPSA) is 34.2 Å². The molecule has 1 heterocycles. The van der Waals surface area contributed by atoms with Crippen molar-refractivity contribution in [2.24, 2.45) is 0 Å². The van der Waals surface area contributed by atoms with Crippen molar-refractivity contribution in [2.45, 2.75) is 6.61 Å². The maximum Gasteiger partial charge on any atom is 0.132 e. The zero-order chi connectivity index (χ0) is 13.1. The van der Waals surface area contributed by atoms with Crippen LogP contribution in [0.15, 0.2) is 54.7 Å². The summed E-state index contributed by atoms with van der Waals surface area (Å²) in [5, 5.41) is 1.07. The van der Waals surface area contributed by atoms with Gasteiger partial charge in [-0.3, -0.25) is 0 Å². The summed E-state index contributed by atoms with van der Waals surface area (Å²) in [5.41, 5.74) is 2.16. The molecule has 1 aromatic heterocycles. The van der Waals surface area contributed by atoms with Gasteiger partial charge in [-0.15, -0.1) is 0 Å². The number of hydrogen-bond donors (Lipinski definition) is 1. The van der Waals surface area contributed by atoms with Gasteiger partial charge in [-0.05, 0) is 11.6 Å². The normalized spacial score (nSPS) is 10.6. The first-order valence-electron chi connectivity index (χ1n) is 6.18. The van der Waals surface area contributed by atoms with Gasteiger partial charge in [-0.2, -0.15) is 0 Å². The van der Waals surface area contributed by atoms with E-state index in [4.69, 9.17) is 9.47 Å². The van der Waals surface area contributed by atoms with Gasteiger partial charge in [0.05, 0.1) is 12.6 Å². The molecule has 0 amide bonds. The van der Waals surface area contributed by atoms with Crippen molar-refractivity contribution in [3.8, 4) is 11.5 Å². The van der Waals surface area contributed by atoms with Gasteiger partial charge < -0.3 is 14.5 Å². The maximum atomic E-state index is 5.91. The molecule has 0 saturated carbocycles. The fraction of sp³-hybridized carbons (Fsp3) is 0.125. The van der Waals surface area contributed by atoms with Gasteiger partial charge in [0.15, 0.2) is 0 Å². The van der Waals surface area contributed by atoms with Gasteiger partial charge in [-0.1, -0.05) is 30.3 Å². The number of methoxy groups -OCH3 is 1. The van der Waals surface area contributed by atoms with E-state index < -0.39 is 0 Å². The summed E-state index contributed by atoms with van der Waals surface area (Å²) in [4.78, 5) is 3.17. The average Bonchev–Trinajstić information content (AvgIpc) is 2.94. The number of aromatic amines is 1. The molecule has 19 heavy (non-hydrogen) atoms. The lowest BCUT2D eigenvalue weighted by Gasteiger charge is -2.09. The Labute approximate surface area is 111 Å². The van der Waals surface area contributed by atoms with E-state index in [-0.39, 0.29) is 0 Å². The molecule has 0 bridgehead atoms. The fourth-order valence-corrected chi connectivity index (χ4v) is 2.08. The Hall–Kier alpha value is -2.42. The molecule has 0 aliphatic rings. The second-order valence-electron chi connectivity index (χ2n) is 4.34. The van der Waals surface area contributed by atoms with Crippen LogP contribution in [-0.2, 0) is 6.61 Å². The number of rotatable bonds is 4. The highest BCUT2D eigenvalue weighted by atomic mass is 16.5. The summed E-state index contributed by atoms with van der Waals surface area (Å²) < 4.78 is 11.2. The quantitative estimate of drug-likeness (QED) is 0.768. The van der Waals surface area contributed by atoms with E-state index in [1.54, 1.807) is 7.11 Å². The van der Waals surface area contributed by atoms with Crippen molar-refractivity contribution < 1.29 is 9.47 Å². The molecule has 0 radical (unpaired) electrons. The second-order valence-corrected chi connectivity index (χ2v) is 4.34. The van der Waals surface area contributed by atoms with Gasteiger partial charge in [0.2, 0.25) is 0 Å². The van der Waals surface area contributed by atoms with E-state index in [2.05, 4.69) is 17.1 Å². The monoisotopic (exact) mass is 253 g/mol. The molecule has 2 aromatic carbocycles. The van der Waals surface area contributed by atoms with Crippen molar-refractivity contribution >= 4 is 10.9 Å².